The van der Waals surface area contributed by atoms with Crippen molar-refractivity contribution in [2.45, 2.75) is 26.4 Å². The fraction of sp³-hybridized carbons (Fsp3) is 0.400. The Morgan fingerprint density at radius 2 is 1.74 bits per heavy atom. The Balaban J connectivity index is 2.39. The standard InChI is InChI=1S/C15H17Cl2NO5/c1-15(2,3)23-13(20)8-22-12(19)7-18-14(21)9-4-5-10(16)11(17)6-9/h4-6H,7-8H2,1-3H3,(H,18,21). The van der Waals surface area contributed by atoms with Gasteiger partial charge in [-0.3, -0.25) is 9.59 Å². The Hall–Kier alpha value is -1.79. The van der Waals surface area contributed by atoms with Gasteiger partial charge in [0, 0.05) is 5.56 Å². The second-order valence-corrected chi connectivity index (χ2v) is 6.37. The molecule has 0 atom stereocenters. The lowest BCUT2D eigenvalue weighted by Gasteiger charge is -2.19. The molecule has 0 fully saturated rings. The van der Waals surface area contributed by atoms with Gasteiger partial charge in [0.15, 0.2) is 6.61 Å². The van der Waals surface area contributed by atoms with Gasteiger partial charge in [0.25, 0.3) is 5.91 Å². The van der Waals surface area contributed by atoms with Gasteiger partial charge in [-0.25, -0.2) is 4.79 Å². The number of hydrogen-bond acceptors (Lipinski definition) is 5. The molecule has 0 saturated carbocycles. The van der Waals surface area contributed by atoms with Crippen molar-refractivity contribution in [1.82, 2.24) is 5.32 Å². The second kappa shape index (κ2) is 8.17. The van der Waals surface area contributed by atoms with E-state index in [0.29, 0.717) is 5.02 Å². The van der Waals surface area contributed by atoms with Gasteiger partial charge in [0.05, 0.1) is 10.0 Å². The first-order valence-electron chi connectivity index (χ1n) is 6.69. The highest BCUT2D eigenvalue weighted by atomic mass is 35.5. The molecule has 0 aliphatic carbocycles. The van der Waals surface area contributed by atoms with Gasteiger partial charge in [-0.15, -0.1) is 0 Å². The van der Waals surface area contributed by atoms with Crippen LogP contribution in [0.4, 0.5) is 0 Å². The van der Waals surface area contributed by atoms with E-state index >= 15 is 0 Å². The summed E-state index contributed by atoms with van der Waals surface area (Å²) in [7, 11) is 0. The summed E-state index contributed by atoms with van der Waals surface area (Å²) in [5, 5.41) is 2.90. The predicted molar refractivity (Wildman–Crippen MR) is 85.6 cm³/mol. The minimum atomic E-state index is -0.760. The summed E-state index contributed by atoms with van der Waals surface area (Å²) in [6, 6.07) is 4.32. The van der Waals surface area contributed by atoms with Crippen LogP contribution in [0.5, 0.6) is 0 Å². The van der Waals surface area contributed by atoms with Crippen LogP contribution >= 0.6 is 23.2 Å². The molecule has 8 heteroatoms. The molecule has 0 aliphatic heterocycles. The summed E-state index contributed by atoms with van der Waals surface area (Å²) >= 11 is 11.6. The van der Waals surface area contributed by atoms with Crippen molar-refractivity contribution < 1.29 is 23.9 Å². The summed E-state index contributed by atoms with van der Waals surface area (Å²) in [4.78, 5) is 34.7. The van der Waals surface area contributed by atoms with Gasteiger partial charge in [0.1, 0.15) is 12.1 Å². The van der Waals surface area contributed by atoms with Crippen LogP contribution in [0.25, 0.3) is 0 Å². The zero-order valence-corrected chi connectivity index (χ0v) is 14.5. The molecule has 1 N–H and O–H groups in total. The van der Waals surface area contributed by atoms with Crippen molar-refractivity contribution in [3.8, 4) is 0 Å². The molecule has 0 heterocycles. The monoisotopic (exact) mass is 361 g/mol. The van der Waals surface area contributed by atoms with E-state index in [4.69, 9.17) is 32.7 Å². The van der Waals surface area contributed by atoms with Crippen molar-refractivity contribution in [2.75, 3.05) is 13.2 Å². The van der Waals surface area contributed by atoms with E-state index in [-0.39, 0.29) is 17.1 Å². The number of esters is 2. The zero-order chi connectivity index (χ0) is 17.6. The van der Waals surface area contributed by atoms with Gasteiger partial charge in [-0.2, -0.15) is 0 Å². The van der Waals surface area contributed by atoms with Crippen molar-refractivity contribution in [1.29, 1.82) is 0 Å². The molecule has 0 aromatic heterocycles. The molecular formula is C15H17Cl2NO5. The summed E-state index contributed by atoms with van der Waals surface area (Å²) in [5.41, 5.74) is -0.412. The number of carbonyl (C=O) groups is 3. The Morgan fingerprint density at radius 1 is 1.09 bits per heavy atom. The maximum absolute atomic E-state index is 11.8. The molecule has 0 aliphatic rings. The molecule has 1 rings (SSSR count). The molecule has 0 saturated heterocycles. The van der Waals surface area contributed by atoms with Gasteiger partial charge >= 0.3 is 11.9 Å². The Morgan fingerprint density at radius 3 is 2.30 bits per heavy atom. The van der Waals surface area contributed by atoms with E-state index in [1.54, 1.807) is 20.8 Å². The maximum Gasteiger partial charge on any atom is 0.344 e. The van der Waals surface area contributed by atoms with Crippen LogP contribution in [0.3, 0.4) is 0 Å². The quantitative estimate of drug-likeness (QED) is 0.815. The summed E-state index contributed by atoms with van der Waals surface area (Å²) in [6.07, 6.45) is 0. The van der Waals surface area contributed by atoms with Gasteiger partial charge in [-0.1, -0.05) is 23.2 Å². The first-order chi connectivity index (χ1) is 10.6. The Labute approximate surface area is 144 Å². The van der Waals surface area contributed by atoms with Crippen LogP contribution in [0.1, 0.15) is 31.1 Å². The lowest BCUT2D eigenvalue weighted by Crippen LogP contribution is -2.33. The number of ether oxygens (including phenoxy) is 2. The molecule has 6 nitrogen and oxygen atoms in total. The van der Waals surface area contributed by atoms with Crippen LogP contribution < -0.4 is 5.32 Å². The van der Waals surface area contributed by atoms with Crippen LogP contribution in [-0.2, 0) is 19.1 Å². The van der Waals surface area contributed by atoms with Crippen molar-refractivity contribution >= 4 is 41.0 Å². The molecular weight excluding hydrogens is 345 g/mol. The normalized spacial score (nSPS) is 10.8. The molecule has 0 spiro atoms. The maximum atomic E-state index is 11.8. The van der Waals surface area contributed by atoms with E-state index in [1.165, 1.54) is 18.2 Å². The van der Waals surface area contributed by atoms with Crippen LogP contribution in [0.2, 0.25) is 10.0 Å². The number of nitrogens with one attached hydrogen (secondary N) is 1. The third-order valence-corrected chi connectivity index (χ3v) is 3.09. The molecule has 23 heavy (non-hydrogen) atoms. The molecule has 0 bridgehead atoms. The van der Waals surface area contributed by atoms with Gasteiger partial charge in [-0.05, 0) is 39.0 Å². The highest BCUT2D eigenvalue weighted by Gasteiger charge is 2.18. The van der Waals surface area contributed by atoms with Crippen LogP contribution in [0, 0.1) is 0 Å². The van der Waals surface area contributed by atoms with E-state index < -0.39 is 30.1 Å². The van der Waals surface area contributed by atoms with E-state index in [0.717, 1.165) is 0 Å². The number of hydrogen-bond donors (Lipinski definition) is 1. The number of amides is 1. The topological polar surface area (TPSA) is 81.7 Å². The van der Waals surface area contributed by atoms with E-state index in [2.05, 4.69) is 5.32 Å². The third kappa shape index (κ3) is 7.34. The van der Waals surface area contributed by atoms with Gasteiger partial charge < -0.3 is 14.8 Å². The average Bonchev–Trinajstić information content (AvgIpc) is 2.43. The largest absolute Gasteiger partial charge is 0.457 e. The molecule has 1 aromatic rings. The minimum absolute atomic E-state index is 0.229. The van der Waals surface area contributed by atoms with Crippen LogP contribution in [-0.4, -0.2) is 36.6 Å². The smallest absolute Gasteiger partial charge is 0.344 e. The Kier molecular flexibility index (Phi) is 6.84. The lowest BCUT2D eigenvalue weighted by molar-refractivity contribution is -0.166. The Bertz CT molecular complexity index is 610. The van der Waals surface area contributed by atoms with Crippen LogP contribution in [0.15, 0.2) is 18.2 Å². The highest BCUT2D eigenvalue weighted by Crippen LogP contribution is 2.22. The third-order valence-electron chi connectivity index (χ3n) is 2.35. The second-order valence-electron chi connectivity index (χ2n) is 5.56. The zero-order valence-electron chi connectivity index (χ0n) is 12.9. The number of rotatable bonds is 5. The summed E-state index contributed by atoms with van der Waals surface area (Å²) in [5.74, 6) is -1.94. The first kappa shape index (κ1) is 19.3. The molecule has 1 amide bonds. The number of carbonyl (C=O) groups excluding carboxylic acids is 3. The molecule has 0 radical (unpaired) electrons. The predicted octanol–water partition coefficient (Wildman–Crippen LogP) is 2.61. The average molecular weight is 362 g/mol. The van der Waals surface area contributed by atoms with E-state index in [1.807, 2.05) is 0 Å². The molecule has 1 aromatic carbocycles. The lowest BCUT2D eigenvalue weighted by atomic mass is 10.2. The van der Waals surface area contributed by atoms with Crippen molar-refractivity contribution in [3.05, 3.63) is 33.8 Å². The fourth-order valence-electron chi connectivity index (χ4n) is 1.45. The highest BCUT2D eigenvalue weighted by molar-refractivity contribution is 6.42. The number of halogens is 2. The fourth-order valence-corrected chi connectivity index (χ4v) is 1.75. The summed E-state index contributed by atoms with van der Waals surface area (Å²) in [6.45, 7) is 4.19. The minimum Gasteiger partial charge on any atom is -0.457 e. The van der Waals surface area contributed by atoms with Gasteiger partial charge in [0.2, 0.25) is 0 Å². The van der Waals surface area contributed by atoms with E-state index in [9.17, 15) is 14.4 Å². The summed E-state index contributed by atoms with van der Waals surface area (Å²) < 4.78 is 9.68. The first-order valence-corrected chi connectivity index (χ1v) is 7.45. The molecule has 0 unspecified atom stereocenters. The number of benzene rings is 1. The van der Waals surface area contributed by atoms with Crippen molar-refractivity contribution in [3.63, 3.8) is 0 Å². The van der Waals surface area contributed by atoms with Crippen molar-refractivity contribution in [2.24, 2.45) is 0 Å². The SMILES string of the molecule is CC(C)(C)OC(=O)COC(=O)CNC(=O)c1ccc(Cl)c(Cl)c1. The molecule has 126 valence electrons.